The minimum Gasteiger partial charge on any atom is -0.320 e. The van der Waals surface area contributed by atoms with Gasteiger partial charge in [0.1, 0.15) is 0 Å². The quantitative estimate of drug-likeness (QED) is 0.751. The van der Waals surface area contributed by atoms with E-state index < -0.39 is 0 Å². The summed E-state index contributed by atoms with van der Waals surface area (Å²) in [7, 11) is 0. The number of benzene rings is 1. The molecule has 1 heteroatoms. The lowest BCUT2D eigenvalue weighted by atomic mass is 9.95. The first-order chi connectivity index (χ1) is 7.29. The topological polar surface area (TPSA) is 26.0 Å². The van der Waals surface area contributed by atoms with Crippen LogP contribution in [0.1, 0.15) is 50.7 Å². The van der Waals surface area contributed by atoms with Crippen molar-refractivity contribution < 1.29 is 0 Å². The maximum Gasteiger partial charge on any atom is 0.0637 e. The van der Waals surface area contributed by atoms with Gasteiger partial charge in [0.2, 0.25) is 0 Å². The third kappa shape index (κ3) is 3.67. The van der Waals surface area contributed by atoms with Crippen LogP contribution >= 0.6 is 0 Å². The highest BCUT2D eigenvalue weighted by molar-refractivity contribution is 5.37. The van der Waals surface area contributed by atoms with Crippen molar-refractivity contribution in [3.63, 3.8) is 0 Å². The fraction of sp³-hybridized carbons (Fsp3) is 0.500. The second-order valence-electron chi connectivity index (χ2n) is 4.04. The summed E-state index contributed by atoms with van der Waals surface area (Å²) < 4.78 is 0. The third-order valence-corrected chi connectivity index (χ3v) is 2.68. The molecule has 1 aromatic carbocycles. The van der Waals surface area contributed by atoms with Gasteiger partial charge in [-0.05, 0) is 30.4 Å². The lowest BCUT2D eigenvalue weighted by molar-refractivity contribution is 0.767. The van der Waals surface area contributed by atoms with Crippen molar-refractivity contribution in [2.75, 3.05) is 0 Å². The Balaban J connectivity index is 2.75. The number of aryl methyl sites for hydroxylation is 1. The molecule has 0 atom stereocenters. The Morgan fingerprint density at radius 2 is 1.87 bits per heavy atom. The molecule has 0 bridgehead atoms. The number of unbranched alkanes of at least 4 members (excludes halogenated alkanes) is 1. The average Bonchev–Trinajstić information content (AvgIpc) is 2.27. The zero-order chi connectivity index (χ0) is 11.1. The molecule has 0 aliphatic carbocycles. The van der Waals surface area contributed by atoms with Gasteiger partial charge in [-0.15, -0.1) is 0 Å². The Bertz CT molecular complexity index is 280. The summed E-state index contributed by atoms with van der Waals surface area (Å²) in [6.45, 7) is 4.39. The van der Waals surface area contributed by atoms with Crippen LogP contribution in [0.5, 0.6) is 0 Å². The molecule has 1 rings (SSSR count). The van der Waals surface area contributed by atoms with E-state index in [4.69, 9.17) is 5.73 Å². The first-order valence-electron chi connectivity index (χ1n) is 5.99. The second-order valence-corrected chi connectivity index (χ2v) is 4.04. The highest BCUT2D eigenvalue weighted by Crippen LogP contribution is 2.20. The molecule has 0 aliphatic rings. The largest absolute Gasteiger partial charge is 0.320 e. The Labute approximate surface area is 93.7 Å². The number of nitrogens with two attached hydrogens (primary N) is 1. The number of hydrogen-bond donors (Lipinski definition) is 1. The highest BCUT2D eigenvalue weighted by atomic mass is 14.6. The van der Waals surface area contributed by atoms with Gasteiger partial charge in [0.25, 0.3) is 0 Å². The molecule has 0 aliphatic heterocycles. The minimum atomic E-state index is 1.00. The van der Waals surface area contributed by atoms with Crippen molar-refractivity contribution in [2.24, 2.45) is 5.73 Å². The first kappa shape index (κ1) is 12.3. The summed E-state index contributed by atoms with van der Waals surface area (Å²) in [5.41, 5.74) is 8.77. The molecule has 0 saturated heterocycles. The van der Waals surface area contributed by atoms with Crippen LogP contribution in [0.15, 0.2) is 24.3 Å². The molecule has 0 saturated carbocycles. The van der Waals surface area contributed by atoms with Crippen LogP contribution in [0.2, 0.25) is 0 Å². The standard InChI is InChI=1S/C14H22N/c1-3-5-9-12-10-6-7-11-13(12)14(15)8-4-2/h6-7,10-11H,3-5,8-9,15H2,1-2H3. The Hall–Kier alpha value is -0.820. The summed E-state index contributed by atoms with van der Waals surface area (Å²) in [6, 6.07) is 9.58. The molecule has 83 valence electrons. The Kier molecular flexibility index (Phi) is 5.41. The zero-order valence-electron chi connectivity index (χ0n) is 9.92. The molecule has 0 fully saturated rings. The van der Waals surface area contributed by atoms with Gasteiger partial charge in [0.05, 0.1) is 6.04 Å². The van der Waals surface area contributed by atoms with E-state index in [1.807, 2.05) is 0 Å². The third-order valence-electron chi connectivity index (χ3n) is 2.68. The maximum atomic E-state index is 6.09. The summed E-state index contributed by atoms with van der Waals surface area (Å²) in [5, 5.41) is 0. The van der Waals surface area contributed by atoms with Crippen LogP contribution in [0.4, 0.5) is 0 Å². The molecule has 1 radical (unpaired) electrons. The molecule has 1 aromatic rings. The van der Waals surface area contributed by atoms with E-state index in [0.717, 1.165) is 25.3 Å². The van der Waals surface area contributed by atoms with Crippen LogP contribution in [0, 0.1) is 6.04 Å². The first-order valence-corrected chi connectivity index (χ1v) is 5.99. The van der Waals surface area contributed by atoms with E-state index in [0.29, 0.717) is 0 Å². The van der Waals surface area contributed by atoms with Gasteiger partial charge in [-0.2, -0.15) is 0 Å². The highest BCUT2D eigenvalue weighted by Gasteiger charge is 2.09. The van der Waals surface area contributed by atoms with E-state index >= 15 is 0 Å². The molecular weight excluding hydrogens is 182 g/mol. The van der Waals surface area contributed by atoms with Crippen molar-refractivity contribution in [3.05, 3.63) is 41.4 Å². The lowest BCUT2D eigenvalue weighted by Crippen LogP contribution is -2.13. The molecule has 0 spiro atoms. The van der Waals surface area contributed by atoms with Crippen molar-refractivity contribution in [2.45, 2.75) is 46.0 Å². The minimum absolute atomic E-state index is 1.00. The Morgan fingerprint density at radius 1 is 1.13 bits per heavy atom. The SMILES string of the molecule is CCCCc1ccccc1[C](N)CCC. The van der Waals surface area contributed by atoms with E-state index in [9.17, 15) is 0 Å². The summed E-state index contributed by atoms with van der Waals surface area (Å²) in [5.74, 6) is 0. The van der Waals surface area contributed by atoms with Crippen LogP contribution in [0.25, 0.3) is 0 Å². The molecular formula is C14H22N. The molecule has 15 heavy (non-hydrogen) atoms. The number of rotatable bonds is 6. The van der Waals surface area contributed by atoms with Crippen molar-refractivity contribution in [3.8, 4) is 0 Å². The molecule has 0 amide bonds. The van der Waals surface area contributed by atoms with E-state index in [2.05, 4.69) is 38.1 Å². The van der Waals surface area contributed by atoms with E-state index in [1.54, 1.807) is 0 Å². The van der Waals surface area contributed by atoms with Gasteiger partial charge in [-0.1, -0.05) is 51.0 Å². The fourth-order valence-electron chi connectivity index (χ4n) is 1.82. The van der Waals surface area contributed by atoms with Crippen LogP contribution in [0.3, 0.4) is 0 Å². The van der Waals surface area contributed by atoms with Gasteiger partial charge in [-0.25, -0.2) is 0 Å². The van der Waals surface area contributed by atoms with Gasteiger partial charge in [-0.3, -0.25) is 0 Å². The summed E-state index contributed by atoms with van der Waals surface area (Å²) >= 11 is 0. The molecule has 0 heterocycles. The lowest BCUT2D eigenvalue weighted by Gasteiger charge is -2.14. The normalized spacial score (nSPS) is 10.9. The van der Waals surface area contributed by atoms with Crippen molar-refractivity contribution >= 4 is 0 Å². The van der Waals surface area contributed by atoms with Crippen LogP contribution in [-0.2, 0) is 6.42 Å². The van der Waals surface area contributed by atoms with Crippen molar-refractivity contribution in [1.29, 1.82) is 0 Å². The smallest absolute Gasteiger partial charge is 0.0637 e. The van der Waals surface area contributed by atoms with Crippen LogP contribution in [-0.4, -0.2) is 0 Å². The van der Waals surface area contributed by atoms with Gasteiger partial charge < -0.3 is 5.73 Å². The molecule has 0 aromatic heterocycles. The van der Waals surface area contributed by atoms with E-state index in [1.165, 1.54) is 24.0 Å². The predicted octanol–water partition coefficient (Wildman–Crippen LogP) is 3.67. The second kappa shape index (κ2) is 6.62. The maximum absolute atomic E-state index is 6.09. The summed E-state index contributed by atoms with van der Waals surface area (Å²) in [4.78, 5) is 0. The Morgan fingerprint density at radius 3 is 2.53 bits per heavy atom. The van der Waals surface area contributed by atoms with Gasteiger partial charge in [0, 0.05) is 0 Å². The predicted molar refractivity (Wildman–Crippen MR) is 66.5 cm³/mol. The van der Waals surface area contributed by atoms with Gasteiger partial charge in [0.15, 0.2) is 0 Å². The molecule has 0 unspecified atom stereocenters. The van der Waals surface area contributed by atoms with E-state index in [-0.39, 0.29) is 0 Å². The molecule has 1 nitrogen and oxygen atoms in total. The average molecular weight is 204 g/mol. The van der Waals surface area contributed by atoms with Crippen LogP contribution < -0.4 is 5.73 Å². The zero-order valence-corrected chi connectivity index (χ0v) is 9.92. The fourth-order valence-corrected chi connectivity index (χ4v) is 1.82. The number of hydrogen-bond acceptors (Lipinski definition) is 1. The van der Waals surface area contributed by atoms with Crippen molar-refractivity contribution in [1.82, 2.24) is 0 Å². The monoisotopic (exact) mass is 204 g/mol. The van der Waals surface area contributed by atoms with Gasteiger partial charge >= 0.3 is 0 Å². The summed E-state index contributed by atoms with van der Waals surface area (Å²) in [6.07, 6.45) is 5.76. The molecule has 2 N–H and O–H groups in total.